The number of aryl methyl sites for hydroxylation is 2. The van der Waals surface area contributed by atoms with Gasteiger partial charge in [-0.15, -0.1) is 0 Å². The van der Waals surface area contributed by atoms with Crippen molar-refractivity contribution in [1.29, 1.82) is 0 Å². The molecule has 0 spiro atoms. The minimum Gasteiger partial charge on any atom is -0.360 e. The molecule has 2 bridgehead atoms. The molecule has 0 amide bonds. The minimum atomic E-state index is -3.52. The van der Waals surface area contributed by atoms with Gasteiger partial charge in [-0.25, -0.2) is 8.42 Å². The van der Waals surface area contributed by atoms with Crippen molar-refractivity contribution in [3.63, 3.8) is 0 Å². The number of rotatable bonds is 4. The second kappa shape index (κ2) is 5.94. The lowest BCUT2D eigenvalue weighted by Gasteiger charge is -2.35. The van der Waals surface area contributed by atoms with E-state index in [2.05, 4.69) is 17.0 Å². The molecule has 22 heavy (non-hydrogen) atoms. The number of hydrogen-bond acceptors (Lipinski definition) is 5. The smallest absolute Gasteiger partial charge is 0.248 e. The van der Waals surface area contributed by atoms with Crippen molar-refractivity contribution >= 4 is 10.0 Å². The first-order chi connectivity index (χ1) is 10.4. The average molecular weight is 327 g/mol. The van der Waals surface area contributed by atoms with E-state index in [0.717, 1.165) is 32.4 Å². The molecule has 4 rings (SSSR count). The zero-order valence-electron chi connectivity index (χ0n) is 13.6. The topological polar surface area (TPSA) is 66.7 Å². The summed E-state index contributed by atoms with van der Waals surface area (Å²) in [7, 11) is -3.52. The number of aromatic nitrogens is 1. The van der Waals surface area contributed by atoms with E-state index in [0.29, 0.717) is 36.5 Å². The van der Waals surface area contributed by atoms with Gasteiger partial charge in [0.1, 0.15) is 10.6 Å². The Morgan fingerprint density at radius 2 is 2.00 bits per heavy atom. The standard InChI is InChI=1S/C15H25N3O3S/c1-4-7-17-8-13-5-6-14(17)10-18(9-13)22(19,20)15-11(2)16-21-12(15)3/h13-14H,4-10H2,1-3H3/t13-,14-/m1/s1. The van der Waals surface area contributed by atoms with E-state index in [1.165, 1.54) is 0 Å². The summed E-state index contributed by atoms with van der Waals surface area (Å²) in [6, 6.07) is 0.342. The fourth-order valence-corrected chi connectivity index (χ4v) is 5.71. The van der Waals surface area contributed by atoms with Crippen molar-refractivity contribution in [2.75, 3.05) is 26.2 Å². The molecule has 3 aliphatic heterocycles. The van der Waals surface area contributed by atoms with Gasteiger partial charge in [-0.05, 0) is 45.6 Å². The first-order valence-electron chi connectivity index (χ1n) is 8.10. The zero-order valence-corrected chi connectivity index (χ0v) is 14.4. The molecule has 3 saturated heterocycles. The summed E-state index contributed by atoms with van der Waals surface area (Å²) in [5.74, 6) is 0.819. The molecule has 0 unspecified atom stereocenters. The minimum absolute atomic E-state index is 0.260. The summed E-state index contributed by atoms with van der Waals surface area (Å²) in [5.41, 5.74) is 0.458. The van der Waals surface area contributed by atoms with Crippen molar-refractivity contribution in [2.45, 2.75) is 51.0 Å². The highest BCUT2D eigenvalue weighted by Gasteiger charge is 2.40. The maximum Gasteiger partial charge on any atom is 0.248 e. The molecule has 2 atom stereocenters. The van der Waals surface area contributed by atoms with Crippen LogP contribution in [0.2, 0.25) is 0 Å². The molecule has 0 saturated carbocycles. The second-order valence-electron chi connectivity index (χ2n) is 6.57. The average Bonchev–Trinajstić information content (AvgIpc) is 2.66. The van der Waals surface area contributed by atoms with Gasteiger partial charge in [-0.2, -0.15) is 4.31 Å². The largest absolute Gasteiger partial charge is 0.360 e. The molecule has 1 aromatic rings. The van der Waals surface area contributed by atoms with Crippen LogP contribution in [0.5, 0.6) is 0 Å². The first-order valence-corrected chi connectivity index (χ1v) is 9.54. The fourth-order valence-electron chi connectivity index (χ4n) is 3.87. The van der Waals surface area contributed by atoms with E-state index in [4.69, 9.17) is 4.52 Å². The monoisotopic (exact) mass is 327 g/mol. The summed E-state index contributed by atoms with van der Waals surface area (Å²) in [6.45, 7) is 8.82. The van der Waals surface area contributed by atoms with Gasteiger partial charge in [0, 0.05) is 25.7 Å². The van der Waals surface area contributed by atoms with E-state index in [-0.39, 0.29) is 4.90 Å². The predicted molar refractivity (Wildman–Crippen MR) is 83.1 cm³/mol. The van der Waals surface area contributed by atoms with Crippen LogP contribution < -0.4 is 0 Å². The van der Waals surface area contributed by atoms with E-state index >= 15 is 0 Å². The molecule has 4 heterocycles. The van der Waals surface area contributed by atoms with Crippen LogP contribution in [0.4, 0.5) is 0 Å². The molecule has 0 aromatic carbocycles. The highest BCUT2D eigenvalue weighted by Crippen LogP contribution is 2.32. The van der Waals surface area contributed by atoms with Gasteiger partial charge in [0.2, 0.25) is 10.0 Å². The molecule has 7 heteroatoms. The Balaban J connectivity index is 1.90. The number of hydrogen-bond donors (Lipinski definition) is 0. The molecule has 1 aromatic heterocycles. The fraction of sp³-hybridized carbons (Fsp3) is 0.800. The van der Waals surface area contributed by atoms with Crippen molar-refractivity contribution in [2.24, 2.45) is 5.92 Å². The van der Waals surface area contributed by atoms with Gasteiger partial charge in [0.25, 0.3) is 0 Å². The molecule has 6 nitrogen and oxygen atoms in total. The molecule has 0 aliphatic carbocycles. The summed E-state index contributed by atoms with van der Waals surface area (Å²) in [5, 5.41) is 3.81. The van der Waals surface area contributed by atoms with Crippen LogP contribution in [-0.2, 0) is 10.0 Å². The Hall–Kier alpha value is -0.920. The third kappa shape index (κ3) is 2.70. The van der Waals surface area contributed by atoms with E-state index < -0.39 is 10.0 Å². The van der Waals surface area contributed by atoms with Gasteiger partial charge < -0.3 is 4.52 Å². The van der Waals surface area contributed by atoms with Crippen LogP contribution in [0.3, 0.4) is 0 Å². The molecule has 3 aliphatic rings. The van der Waals surface area contributed by atoms with Gasteiger partial charge in [-0.3, -0.25) is 4.90 Å². The molecular formula is C15H25N3O3S. The molecule has 124 valence electrons. The van der Waals surface area contributed by atoms with Crippen molar-refractivity contribution in [1.82, 2.24) is 14.4 Å². The SMILES string of the molecule is CCCN1C[C@H]2CC[C@@H]1CN(S(=O)(=O)c1c(C)noc1C)C2. The van der Waals surface area contributed by atoms with Gasteiger partial charge in [0.05, 0.1) is 0 Å². The Labute approximate surface area is 132 Å². The normalized spacial score (nSPS) is 27.2. The van der Waals surface area contributed by atoms with Crippen molar-refractivity contribution < 1.29 is 12.9 Å². The summed E-state index contributed by atoms with van der Waals surface area (Å²) < 4.78 is 32.8. The number of sulfonamides is 1. The number of fused-ring (bicyclic) bond motifs is 4. The Bertz CT molecular complexity index is 621. The maximum atomic E-state index is 13.0. The Morgan fingerprint density at radius 1 is 1.23 bits per heavy atom. The van der Waals surface area contributed by atoms with Crippen LogP contribution in [0, 0.1) is 19.8 Å². The number of nitrogens with zero attached hydrogens (tertiary/aromatic N) is 3. The first kappa shape index (κ1) is 16.0. The highest BCUT2D eigenvalue weighted by atomic mass is 32.2. The van der Waals surface area contributed by atoms with Crippen molar-refractivity contribution in [3.05, 3.63) is 11.5 Å². The van der Waals surface area contributed by atoms with Crippen LogP contribution in [0.15, 0.2) is 9.42 Å². The second-order valence-corrected chi connectivity index (χ2v) is 8.44. The summed E-state index contributed by atoms with van der Waals surface area (Å²) in [4.78, 5) is 2.73. The Morgan fingerprint density at radius 3 is 2.64 bits per heavy atom. The van der Waals surface area contributed by atoms with Gasteiger partial charge >= 0.3 is 0 Å². The molecule has 3 fully saturated rings. The van der Waals surface area contributed by atoms with E-state index in [1.807, 2.05) is 0 Å². The lowest BCUT2D eigenvalue weighted by Crippen LogP contribution is -2.44. The lowest BCUT2D eigenvalue weighted by atomic mass is 9.95. The third-order valence-electron chi connectivity index (χ3n) is 4.87. The predicted octanol–water partition coefficient (Wildman–Crippen LogP) is 1.79. The third-order valence-corrected chi connectivity index (χ3v) is 6.95. The number of piperidine rings is 1. The maximum absolute atomic E-state index is 13.0. The molecule has 0 N–H and O–H groups in total. The van der Waals surface area contributed by atoms with Gasteiger partial charge in [0.15, 0.2) is 5.76 Å². The van der Waals surface area contributed by atoms with Crippen LogP contribution >= 0.6 is 0 Å². The highest BCUT2D eigenvalue weighted by molar-refractivity contribution is 7.89. The summed E-state index contributed by atoms with van der Waals surface area (Å²) in [6.07, 6.45) is 3.33. The van der Waals surface area contributed by atoms with Crippen LogP contribution in [-0.4, -0.2) is 55.0 Å². The lowest BCUT2D eigenvalue weighted by molar-refractivity contribution is 0.133. The quantitative estimate of drug-likeness (QED) is 0.843. The molecular weight excluding hydrogens is 302 g/mol. The van der Waals surface area contributed by atoms with E-state index in [1.54, 1.807) is 18.2 Å². The van der Waals surface area contributed by atoms with Crippen molar-refractivity contribution in [3.8, 4) is 0 Å². The molecule has 0 radical (unpaired) electrons. The van der Waals surface area contributed by atoms with Gasteiger partial charge in [-0.1, -0.05) is 12.1 Å². The van der Waals surface area contributed by atoms with Crippen LogP contribution in [0.25, 0.3) is 0 Å². The van der Waals surface area contributed by atoms with Crippen LogP contribution in [0.1, 0.15) is 37.6 Å². The summed E-state index contributed by atoms with van der Waals surface area (Å²) >= 11 is 0. The van der Waals surface area contributed by atoms with E-state index in [9.17, 15) is 8.42 Å². The zero-order chi connectivity index (χ0) is 15.9. The Kier molecular flexibility index (Phi) is 4.31.